The normalized spacial score (nSPS) is 22.6. The van der Waals surface area contributed by atoms with Gasteiger partial charge < -0.3 is 29.9 Å². The van der Waals surface area contributed by atoms with Gasteiger partial charge in [-0.2, -0.15) is 5.10 Å². The third-order valence-corrected chi connectivity index (χ3v) is 8.37. The van der Waals surface area contributed by atoms with Crippen molar-refractivity contribution in [1.82, 2.24) is 25.1 Å². The lowest BCUT2D eigenvalue weighted by Gasteiger charge is -2.44. The maximum Gasteiger partial charge on any atom is 0.405 e. The molecule has 3 aliphatic heterocycles. The number of carboxylic acid groups (broad SMARTS) is 1. The molecule has 5 heterocycles. The van der Waals surface area contributed by atoms with Gasteiger partial charge in [0, 0.05) is 49.6 Å². The highest BCUT2D eigenvalue weighted by atomic mass is 16.5. The fourth-order valence-electron chi connectivity index (χ4n) is 6.51. The molecule has 1 aromatic carbocycles. The van der Waals surface area contributed by atoms with Gasteiger partial charge in [-0.3, -0.25) is 0 Å². The zero-order valence-electron chi connectivity index (χ0n) is 22.5. The number of nitrogens with one attached hydrogen (secondary N) is 1. The largest absolute Gasteiger partial charge is 0.486 e. The molecule has 0 saturated carbocycles. The molecule has 3 aromatic rings. The Labute approximate surface area is 227 Å². The van der Waals surface area contributed by atoms with E-state index >= 15 is 0 Å². The van der Waals surface area contributed by atoms with Crippen LogP contribution in [0.3, 0.4) is 0 Å². The average Bonchev–Trinajstić information content (AvgIpc) is 3.46. The molecule has 0 radical (unpaired) electrons. The van der Waals surface area contributed by atoms with Crippen LogP contribution in [0.15, 0.2) is 30.5 Å². The Hall–Kier alpha value is -3.44. The molecule has 3 N–H and O–H groups in total. The molecular formula is C28H36N6O5. The molecule has 2 saturated heterocycles. The number of nitrogens with zero attached hydrogens (tertiary/aromatic N) is 5. The summed E-state index contributed by atoms with van der Waals surface area (Å²) in [5.74, 6) is 1.57. The van der Waals surface area contributed by atoms with E-state index < -0.39 is 17.2 Å². The van der Waals surface area contributed by atoms with E-state index in [1.54, 1.807) is 6.20 Å². The van der Waals surface area contributed by atoms with E-state index in [2.05, 4.69) is 21.4 Å². The standard InChI is InChI=1S/C28H36N6O5/c1-27(2,32-26(36)37)15-19-18-7-3-4-8-22(18)39-28(19)10-12-33(13-11-28)24-21(17-35)30-20-16-29-34(25(20)31-24)23-9-5-6-14-38-23/h3-4,7-8,16,19,23,32,35H,5-6,9-15,17H2,1-2H3,(H,36,37)/t19-,23?/m1/s1. The van der Waals surface area contributed by atoms with E-state index in [1.165, 1.54) is 0 Å². The van der Waals surface area contributed by atoms with Gasteiger partial charge in [0.05, 0.1) is 12.8 Å². The minimum absolute atomic E-state index is 0.0356. The Morgan fingerprint density at radius 3 is 2.72 bits per heavy atom. The first-order valence-corrected chi connectivity index (χ1v) is 13.8. The molecule has 0 aliphatic carbocycles. The summed E-state index contributed by atoms with van der Waals surface area (Å²) in [4.78, 5) is 23.3. The fraction of sp³-hybridized carbons (Fsp3) is 0.571. The number of aliphatic hydroxyl groups is 1. The molecule has 39 heavy (non-hydrogen) atoms. The summed E-state index contributed by atoms with van der Waals surface area (Å²) in [5.41, 5.74) is 1.89. The second kappa shape index (κ2) is 9.95. The van der Waals surface area contributed by atoms with E-state index in [0.29, 0.717) is 48.8 Å². The third kappa shape index (κ3) is 4.78. The second-order valence-electron chi connectivity index (χ2n) is 11.5. The van der Waals surface area contributed by atoms with E-state index in [1.807, 2.05) is 36.7 Å². The number of fused-ring (bicyclic) bond motifs is 2. The van der Waals surface area contributed by atoms with Crippen molar-refractivity contribution in [2.45, 2.75) is 82.3 Å². The van der Waals surface area contributed by atoms with Crippen LogP contribution in [0.4, 0.5) is 10.6 Å². The lowest BCUT2D eigenvalue weighted by Crippen LogP contribution is -2.52. The zero-order valence-corrected chi connectivity index (χ0v) is 22.5. The lowest BCUT2D eigenvalue weighted by molar-refractivity contribution is -0.0370. The molecular weight excluding hydrogens is 500 g/mol. The average molecular weight is 537 g/mol. The van der Waals surface area contributed by atoms with Gasteiger partial charge >= 0.3 is 6.09 Å². The summed E-state index contributed by atoms with van der Waals surface area (Å²) in [7, 11) is 0. The quantitative estimate of drug-likeness (QED) is 0.428. The number of hydrogen-bond donors (Lipinski definition) is 3. The summed E-state index contributed by atoms with van der Waals surface area (Å²) in [6.45, 7) is 5.66. The van der Waals surface area contributed by atoms with Gasteiger partial charge in [-0.05, 0) is 45.6 Å². The zero-order chi connectivity index (χ0) is 27.2. The Morgan fingerprint density at radius 1 is 1.21 bits per heavy atom. The highest BCUT2D eigenvalue weighted by Gasteiger charge is 2.51. The number of ether oxygens (including phenoxy) is 2. The number of rotatable bonds is 6. The molecule has 11 heteroatoms. The molecule has 2 atom stereocenters. The Bertz CT molecular complexity index is 1360. The predicted molar refractivity (Wildman–Crippen MR) is 144 cm³/mol. The lowest BCUT2D eigenvalue weighted by atomic mass is 9.72. The van der Waals surface area contributed by atoms with Gasteiger partial charge in [0.25, 0.3) is 0 Å². The first-order chi connectivity index (χ1) is 18.8. The van der Waals surface area contributed by atoms with Crippen LogP contribution in [-0.2, 0) is 11.3 Å². The number of carbonyl (C=O) groups is 1. The molecule has 3 aliphatic rings. The van der Waals surface area contributed by atoms with Crippen molar-refractivity contribution in [2.75, 3.05) is 24.6 Å². The highest BCUT2D eigenvalue weighted by Crippen LogP contribution is 2.52. The molecule has 208 valence electrons. The monoisotopic (exact) mass is 536 g/mol. The van der Waals surface area contributed by atoms with Crippen LogP contribution in [0.25, 0.3) is 11.2 Å². The van der Waals surface area contributed by atoms with Crippen molar-refractivity contribution in [1.29, 1.82) is 0 Å². The third-order valence-electron chi connectivity index (χ3n) is 8.37. The van der Waals surface area contributed by atoms with Crippen LogP contribution in [0.1, 0.15) is 75.8 Å². The number of anilines is 1. The minimum atomic E-state index is -1.03. The van der Waals surface area contributed by atoms with Crippen LogP contribution >= 0.6 is 0 Å². The summed E-state index contributed by atoms with van der Waals surface area (Å²) >= 11 is 0. The number of amides is 1. The van der Waals surface area contributed by atoms with Crippen LogP contribution in [0.2, 0.25) is 0 Å². The van der Waals surface area contributed by atoms with Gasteiger partial charge in [-0.15, -0.1) is 0 Å². The van der Waals surface area contributed by atoms with Crippen LogP contribution < -0.4 is 15.0 Å². The summed E-state index contributed by atoms with van der Waals surface area (Å²) in [6.07, 6.45) is 5.59. The van der Waals surface area contributed by atoms with E-state index in [9.17, 15) is 15.0 Å². The smallest absolute Gasteiger partial charge is 0.405 e. The fourth-order valence-corrected chi connectivity index (χ4v) is 6.51. The molecule has 1 unspecified atom stereocenters. The van der Waals surface area contributed by atoms with E-state index in [4.69, 9.17) is 19.4 Å². The Kier molecular flexibility index (Phi) is 6.58. The molecule has 2 fully saturated rings. The van der Waals surface area contributed by atoms with Crippen molar-refractivity contribution in [3.05, 3.63) is 41.7 Å². The minimum Gasteiger partial charge on any atom is -0.486 e. The number of hydrogen-bond acceptors (Lipinski definition) is 8. The first kappa shape index (κ1) is 25.8. The summed E-state index contributed by atoms with van der Waals surface area (Å²) in [5, 5.41) is 26.8. The van der Waals surface area contributed by atoms with E-state index in [0.717, 1.165) is 43.4 Å². The van der Waals surface area contributed by atoms with E-state index in [-0.39, 0.29) is 18.8 Å². The molecule has 1 spiro atoms. The van der Waals surface area contributed by atoms with Gasteiger partial charge in [0.2, 0.25) is 0 Å². The van der Waals surface area contributed by atoms with Gasteiger partial charge in [0.1, 0.15) is 22.6 Å². The predicted octanol–water partition coefficient (Wildman–Crippen LogP) is 3.97. The topological polar surface area (TPSA) is 135 Å². The number of para-hydroxylation sites is 1. The second-order valence-corrected chi connectivity index (χ2v) is 11.5. The maximum atomic E-state index is 11.5. The molecule has 6 rings (SSSR count). The summed E-state index contributed by atoms with van der Waals surface area (Å²) < 4.78 is 14.5. The highest BCUT2D eigenvalue weighted by molar-refractivity contribution is 5.73. The molecule has 11 nitrogen and oxygen atoms in total. The van der Waals surface area contributed by atoms with Gasteiger partial charge in [0.15, 0.2) is 17.7 Å². The number of piperidine rings is 1. The van der Waals surface area contributed by atoms with Crippen molar-refractivity contribution in [3.8, 4) is 5.75 Å². The number of benzene rings is 1. The van der Waals surface area contributed by atoms with Crippen molar-refractivity contribution in [2.24, 2.45) is 0 Å². The van der Waals surface area contributed by atoms with Crippen molar-refractivity contribution >= 4 is 23.1 Å². The van der Waals surface area contributed by atoms with Gasteiger partial charge in [-0.25, -0.2) is 19.4 Å². The number of aromatic nitrogens is 4. The summed E-state index contributed by atoms with van der Waals surface area (Å²) in [6, 6.07) is 8.08. The SMILES string of the molecule is CC(C)(C[C@@H]1c2ccccc2OC12CCN(c1nc3c(cnn3C3CCCCO3)nc1CO)CC2)NC(=O)O. The number of aliphatic hydroxyl groups excluding tert-OH is 1. The Balaban J connectivity index is 1.28. The van der Waals surface area contributed by atoms with Crippen molar-refractivity contribution in [3.63, 3.8) is 0 Å². The molecule has 2 aromatic heterocycles. The Morgan fingerprint density at radius 2 is 2.00 bits per heavy atom. The van der Waals surface area contributed by atoms with Crippen LogP contribution in [0, 0.1) is 0 Å². The molecule has 1 amide bonds. The van der Waals surface area contributed by atoms with Crippen LogP contribution in [0.5, 0.6) is 5.75 Å². The van der Waals surface area contributed by atoms with Crippen molar-refractivity contribution < 1.29 is 24.5 Å². The first-order valence-electron chi connectivity index (χ1n) is 13.8. The molecule has 0 bridgehead atoms. The van der Waals surface area contributed by atoms with Crippen LogP contribution in [-0.4, -0.2) is 66.9 Å². The maximum absolute atomic E-state index is 11.5. The van der Waals surface area contributed by atoms with Gasteiger partial charge in [-0.1, -0.05) is 18.2 Å².